The van der Waals surface area contributed by atoms with Crippen molar-refractivity contribution in [3.05, 3.63) is 41.5 Å². The molecule has 1 N–H and O–H groups in total. The van der Waals surface area contributed by atoms with Crippen molar-refractivity contribution in [3.63, 3.8) is 0 Å². The third-order valence-corrected chi connectivity index (χ3v) is 3.61. The molecule has 1 aromatic rings. The molecule has 0 saturated heterocycles. The van der Waals surface area contributed by atoms with E-state index in [0.29, 0.717) is 5.56 Å². The first-order chi connectivity index (χ1) is 9.68. The zero-order chi connectivity index (χ0) is 14.4. The van der Waals surface area contributed by atoms with Gasteiger partial charge in [0.05, 0.1) is 0 Å². The molecule has 0 fully saturated rings. The molecule has 1 aliphatic rings. The molecule has 0 bridgehead atoms. The smallest absolute Gasteiger partial charge is 0.387 e. The van der Waals surface area contributed by atoms with Crippen molar-refractivity contribution in [1.29, 1.82) is 0 Å². The van der Waals surface area contributed by atoms with Crippen LogP contribution in [0.5, 0.6) is 5.75 Å². The molecule has 2 rings (SSSR count). The first-order valence-corrected chi connectivity index (χ1v) is 7.09. The quantitative estimate of drug-likeness (QED) is 0.818. The molecule has 2 nitrogen and oxygen atoms in total. The normalized spacial score (nSPS) is 20.7. The monoisotopic (exact) mass is 282 g/mol. The fraction of sp³-hybridized carbons (Fsp3) is 0.500. The van der Waals surface area contributed by atoms with Gasteiger partial charge >= 0.3 is 6.61 Å². The zero-order valence-electron chi connectivity index (χ0n) is 11.4. The Hall–Kier alpha value is -1.42. The van der Waals surface area contributed by atoms with Crippen LogP contribution in [0.3, 0.4) is 0 Å². The first-order valence-electron chi connectivity index (χ1n) is 7.09. The Balaban J connectivity index is 2.20. The third kappa shape index (κ3) is 4.04. The fourth-order valence-electron chi connectivity index (χ4n) is 2.57. The van der Waals surface area contributed by atoms with Gasteiger partial charge in [0.15, 0.2) is 0 Å². The van der Waals surface area contributed by atoms with E-state index in [4.69, 9.17) is 0 Å². The highest BCUT2D eigenvalue weighted by molar-refractivity contribution is 5.39. The maximum absolute atomic E-state index is 12.4. The van der Waals surface area contributed by atoms with Gasteiger partial charge < -0.3 is 9.84 Å². The van der Waals surface area contributed by atoms with Crippen molar-refractivity contribution in [2.45, 2.75) is 51.2 Å². The van der Waals surface area contributed by atoms with E-state index in [0.717, 1.165) is 37.7 Å². The van der Waals surface area contributed by atoms with E-state index in [2.05, 4.69) is 4.74 Å². The highest BCUT2D eigenvalue weighted by Crippen LogP contribution is 2.34. The molecule has 20 heavy (non-hydrogen) atoms. The van der Waals surface area contributed by atoms with Gasteiger partial charge in [-0.3, -0.25) is 0 Å². The molecule has 0 aromatic heterocycles. The number of benzene rings is 1. The highest BCUT2D eigenvalue weighted by Gasteiger charge is 2.19. The van der Waals surface area contributed by atoms with Gasteiger partial charge in [-0.05, 0) is 37.3 Å². The number of halogens is 2. The van der Waals surface area contributed by atoms with Crippen molar-refractivity contribution in [2.75, 3.05) is 0 Å². The number of aliphatic hydroxyl groups excluding tert-OH is 1. The summed E-state index contributed by atoms with van der Waals surface area (Å²) in [6, 6.07) is 6.46. The van der Waals surface area contributed by atoms with Gasteiger partial charge in [-0.15, -0.1) is 0 Å². The summed E-state index contributed by atoms with van der Waals surface area (Å²) in [4.78, 5) is 0. The number of para-hydroxylation sites is 1. The topological polar surface area (TPSA) is 29.5 Å². The third-order valence-electron chi connectivity index (χ3n) is 3.61. The number of allylic oxidation sites excluding steroid dienone is 1. The molecular weight excluding hydrogens is 262 g/mol. The molecule has 0 heterocycles. The SMILES string of the molecule is OC(/C1=C/CCCCCC1)c1ccccc1OC(F)F. The van der Waals surface area contributed by atoms with Crippen molar-refractivity contribution < 1.29 is 18.6 Å². The molecule has 0 saturated carbocycles. The number of aliphatic hydroxyl groups is 1. The second-order valence-corrected chi connectivity index (χ2v) is 5.05. The van der Waals surface area contributed by atoms with Crippen LogP contribution in [0.25, 0.3) is 0 Å². The van der Waals surface area contributed by atoms with Crippen molar-refractivity contribution in [1.82, 2.24) is 0 Å². The summed E-state index contributed by atoms with van der Waals surface area (Å²) >= 11 is 0. The highest BCUT2D eigenvalue weighted by atomic mass is 19.3. The van der Waals surface area contributed by atoms with Crippen molar-refractivity contribution >= 4 is 0 Å². The summed E-state index contributed by atoms with van der Waals surface area (Å²) in [7, 11) is 0. The summed E-state index contributed by atoms with van der Waals surface area (Å²) in [5, 5.41) is 10.5. The summed E-state index contributed by atoms with van der Waals surface area (Å²) in [6.07, 6.45) is 7.44. The molecule has 1 unspecified atom stereocenters. The zero-order valence-corrected chi connectivity index (χ0v) is 11.4. The summed E-state index contributed by atoms with van der Waals surface area (Å²) in [5.74, 6) is 0.0537. The van der Waals surface area contributed by atoms with Gasteiger partial charge in [0, 0.05) is 5.56 Å². The number of hydrogen-bond acceptors (Lipinski definition) is 2. The maximum atomic E-state index is 12.4. The minimum atomic E-state index is -2.88. The molecule has 1 aromatic carbocycles. The predicted octanol–water partition coefficient (Wildman–Crippen LogP) is 4.60. The van der Waals surface area contributed by atoms with Crippen LogP contribution in [0.2, 0.25) is 0 Å². The lowest BCUT2D eigenvalue weighted by Gasteiger charge is -2.20. The molecule has 0 radical (unpaired) electrons. The van der Waals surface area contributed by atoms with E-state index in [1.54, 1.807) is 18.2 Å². The van der Waals surface area contributed by atoms with Crippen LogP contribution in [0.15, 0.2) is 35.9 Å². The molecule has 0 amide bonds. The van der Waals surface area contributed by atoms with E-state index in [1.165, 1.54) is 12.5 Å². The lowest BCUT2D eigenvalue weighted by molar-refractivity contribution is -0.0513. The van der Waals surface area contributed by atoms with Crippen LogP contribution >= 0.6 is 0 Å². The second-order valence-electron chi connectivity index (χ2n) is 5.05. The fourth-order valence-corrected chi connectivity index (χ4v) is 2.57. The van der Waals surface area contributed by atoms with Crippen LogP contribution in [0.4, 0.5) is 8.78 Å². The summed E-state index contributed by atoms with van der Waals surface area (Å²) in [5.41, 5.74) is 1.33. The van der Waals surface area contributed by atoms with E-state index >= 15 is 0 Å². The molecule has 1 aliphatic carbocycles. The van der Waals surface area contributed by atoms with Crippen LogP contribution < -0.4 is 4.74 Å². The molecule has 4 heteroatoms. The van der Waals surface area contributed by atoms with E-state index in [9.17, 15) is 13.9 Å². The van der Waals surface area contributed by atoms with Gasteiger partial charge in [-0.25, -0.2) is 0 Å². The van der Waals surface area contributed by atoms with Crippen molar-refractivity contribution in [2.24, 2.45) is 0 Å². The van der Waals surface area contributed by atoms with E-state index < -0.39 is 12.7 Å². The van der Waals surface area contributed by atoms with Crippen LogP contribution in [0.1, 0.15) is 50.2 Å². The van der Waals surface area contributed by atoms with Crippen LogP contribution in [0, 0.1) is 0 Å². The lowest BCUT2D eigenvalue weighted by atomic mass is 9.92. The van der Waals surface area contributed by atoms with Crippen LogP contribution in [-0.2, 0) is 0 Å². The minimum absolute atomic E-state index is 0.0537. The number of rotatable bonds is 4. The standard InChI is InChI=1S/C16H20F2O2/c17-16(18)20-14-11-7-6-10-13(14)15(19)12-8-4-2-1-3-5-9-12/h6-8,10-11,15-16,19H,1-5,9H2/b12-8+. The maximum Gasteiger partial charge on any atom is 0.387 e. The first kappa shape index (κ1) is 15.0. The van der Waals surface area contributed by atoms with Gasteiger partial charge in [0.2, 0.25) is 0 Å². The summed E-state index contributed by atoms with van der Waals surface area (Å²) < 4.78 is 29.3. The largest absolute Gasteiger partial charge is 0.434 e. The molecular formula is C16H20F2O2. The Bertz CT molecular complexity index is 458. The average molecular weight is 282 g/mol. The van der Waals surface area contributed by atoms with Gasteiger partial charge in [-0.2, -0.15) is 8.78 Å². The average Bonchev–Trinajstić information content (AvgIpc) is 2.37. The van der Waals surface area contributed by atoms with E-state index in [1.807, 2.05) is 6.08 Å². The van der Waals surface area contributed by atoms with Crippen molar-refractivity contribution in [3.8, 4) is 5.75 Å². The van der Waals surface area contributed by atoms with Gasteiger partial charge in [0.1, 0.15) is 11.9 Å². The Morgan fingerprint density at radius 3 is 2.60 bits per heavy atom. The predicted molar refractivity (Wildman–Crippen MR) is 73.8 cm³/mol. The number of hydrogen-bond donors (Lipinski definition) is 1. The molecule has 1 atom stereocenters. The van der Waals surface area contributed by atoms with Gasteiger partial charge in [0.25, 0.3) is 0 Å². The minimum Gasteiger partial charge on any atom is -0.434 e. The van der Waals surface area contributed by atoms with Crippen LogP contribution in [-0.4, -0.2) is 11.7 Å². The number of ether oxygens (including phenoxy) is 1. The molecule has 0 aliphatic heterocycles. The van der Waals surface area contributed by atoms with E-state index in [-0.39, 0.29) is 5.75 Å². The Morgan fingerprint density at radius 2 is 1.80 bits per heavy atom. The second kappa shape index (κ2) is 7.39. The Kier molecular flexibility index (Phi) is 5.53. The Labute approximate surface area is 118 Å². The number of alkyl halides is 2. The summed E-state index contributed by atoms with van der Waals surface area (Å²) in [6.45, 7) is -2.88. The molecule has 110 valence electrons. The molecule has 0 spiro atoms. The lowest BCUT2D eigenvalue weighted by Crippen LogP contribution is -2.09. The van der Waals surface area contributed by atoms with Gasteiger partial charge in [-0.1, -0.05) is 37.1 Å². The Morgan fingerprint density at radius 1 is 1.05 bits per heavy atom.